The number of nitrogens with zero attached hydrogens (tertiary/aromatic N) is 1. The molecule has 5 heteroatoms. The number of nitrogens with two attached hydrogens (primary N) is 1. The van der Waals surface area contributed by atoms with Crippen LogP contribution in [0, 0.1) is 0 Å². The van der Waals surface area contributed by atoms with Crippen LogP contribution in [0.1, 0.15) is 38.2 Å². The molecule has 0 aliphatic carbocycles. The largest absolute Gasteiger partial charge is 0.493 e. The van der Waals surface area contributed by atoms with Gasteiger partial charge in [0.2, 0.25) is 5.91 Å². The monoisotopic (exact) mass is 320 g/mol. The zero-order chi connectivity index (χ0) is 16.8. The topological polar surface area (TPSA) is 64.8 Å². The summed E-state index contributed by atoms with van der Waals surface area (Å²) in [5.74, 6) is 1.56. The molecule has 0 spiro atoms. The number of hydrogen-bond acceptors (Lipinski definition) is 4. The maximum atomic E-state index is 12.3. The van der Waals surface area contributed by atoms with E-state index in [1.54, 1.807) is 21.1 Å². The Labute approximate surface area is 138 Å². The van der Waals surface area contributed by atoms with Gasteiger partial charge >= 0.3 is 0 Å². The minimum Gasteiger partial charge on any atom is -0.493 e. The normalized spacial score (nSPS) is 19.3. The predicted molar refractivity (Wildman–Crippen MR) is 90.9 cm³/mol. The second kappa shape index (κ2) is 8.20. The van der Waals surface area contributed by atoms with Crippen molar-refractivity contribution in [3.05, 3.63) is 23.8 Å². The first-order chi connectivity index (χ1) is 11.1. The van der Waals surface area contributed by atoms with Crippen molar-refractivity contribution in [3.8, 4) is 11.5 Å². The Balaban J connectivity index is 2.02. The van der Waals surface area contributed by atoms with E-state index in [-0.39, 0.29) is 11.9 Å². The van der Waals surface area contributed by atoms with Crippen molar-refractivity contribution in [1.82, 2.24) is 4.90 Å². The van der Waals surface area contributed by atoms with Gasteiger partial charge in [-0.2, -0.15) is 0 Å². The summed E-state index contributed by atoms with van der Waals surface area (Å²) in [4.78, 5) is 14.2. The number of likely N-dealkylation sites (tertiary alicyclic amines) is 1. The van der Waals surface area contributed by atoms with Gasteiger partial charge in [-0.15, -0.1) is 0 Å². The number of aryl methyl sites for hydroxylation is 1. The van der Waals surface area contributed by atoms with Gasteiger partial charge in [0.1, 0.15) is 0 Å². The van der Waals surface area contributed by atoms with Crippen LogP contribution in [0.4, 0.5) is 0 Å². The average Bonchev–Trinajstić information content (AvgIpc) is 2.59. The van der Waals surface area contributed by atoms with Gasteiger partial charge in [0, 0.05) is 12.6 Å². The number of rotatable bonds is 6. The Kier molecular flexibility index (Phi) is 6.28. The molecule has 1 aromatic rings. The number of carbonyl (C=O) groups excluding carboxylic acids is 1. The van der Waals surface area contributed by atoms with Crippen LogP contribution in [0.25, 0.3) is 0 Å². The molecule has 0 radical (unpaired) electrons. The second-order valence-electron chi connectivity index (χ2n) is 6.20. The summed E-state index contributed by atoms with van der Waals surface area (Å²) in [6.45, 7) is 2.60. The van der Waals surface area contributed by atoms with Crippen molar-refractivity contribution in [3.63, 3.8) is 0 Å². The second-order valence-corrected chi connectivity index (χ2v) is 6.20. The van der Waals surface area contributed by atoms with E-state index in [1.807, 2.05) is 17.0 Å². The molecule has 1 aliphatic rings. The summed E-state index contributed by atoms with van der Waals surface area (Å²) in [5.41, 5.74) is 6.98. The van der Waals surface area contributed by atoms with Gasteiger partial charge in [-0.3, -0.25) is 4.79 Å². The lowest BCUT2D eigenvalue weighted by Crippen LogP contribution is -2.49. The molecule has 1 aromatic carbocycles. The lowest BCUT2D eigenvalue weighted by molar-refractivity contribution is -0.136. The molecule has 23 heavy (non-hydrogen) atoms. The molecule has 1 amide bonds. The minimum atomic E-state index is -0.420. The van der Waals surface area contributed by atoms with E-state index in [2.05, 4.69) is 6.07 Å². The fraction of sp³-hybridized carbons (Fsp3) is 0.611. The van der Waals surface area contributed by atoms with E-state index < -0.39 is 6.04 Å². The highest BCUT2D eigenvalue weighted by Gasteiger charge is 2.28. The molecule has 2 N–H and O–H groups in total. The molecule has 0 bridgehead atoms. The number of hydrogen-bond donors (Lipinski definition) is 1. The zero-order valence-electron chi connectivity index (χ0n) is 14.4. The van der Waals surface area contributed by atoms with E-state index in [0.29, 0.717) is 0 Å². The fourth-order valence-corrected chi connectivity index (χ4v) is 3.22. The summed E-state index contributed by atoms with van der Waals surface area (Å²) in [6, 6.07) is 5.87. The summed E-state index contributed by atoms with van der Waals surface area (Å²) < 4.78 is 10.6. The Bertz CT molecular complexity index is 531. The van der Waals surface area contributed by atoms with Crippen LogP contribution in [-0.4, -0.2) is 43.7 Å². The van der Waals surface area contributed by atoms with Crippen molar-refractivity contribution < 1.29 is 14.3 Å². The maximum absolute atomic E-state index is 12.3. The molecular weight excluding hydrogens is 292 g/mol. The van der Waals surface area contributed by atoms with Gasteiger partial charge in [-0.25, -0.2) is 0 Å². The number of benzene rings is 1. The number of methoxy groups -OCH3 is 2. The number of amides is 1. The first-order valence-corrected chi connectivity index (χ1v) is 8.33. The third-order valence-electron chi connectivity index (χ3n) is 4.51. The van der Waals surface area contributed by atoms with Crippen molar-refractivity contribution in [2.45, 2.75) is 51.1 Å². The number of ether oxygens (including phenoxy) is 2. The highest BCUT2D eigenvalue weighted by atomic mass is 16.5. The lowest BCUT2D eigenvalue weighted by atomic mass is 9.95. The van der Waals surface area contributed by atoms with Crippen LogP contribution in [0.5, 0.6) is 11.5 Å². The Morgan fingerprint density at radius 3 is 2.70 bits per heavy atom. The average molecular weight is 320 g/mol. The number of carbonyl (C=O) groups is 1. The van der Waals surface area contributed by atoms with E-state index in [9.17, 15) is 4.79 Å². The fourth-order valence-electron chi connectivity index (χ4n) is 3.22. The van der Waals surface area contributed by atoms with E-state index >= 15 is 0 Å². The highest BCUT2D eigenvalue weighted by molar-refractivity contribution is 5.81. The first kappa shape index (κ1) is 17.6. The summed E-state index contributed by atoms with van der Waals surface area (Å²) in [5, 5.41) is 0. The molecule has 1 aliphatic heterocycles. The van der Waals surface area contributed by atoms with Gasteiger partial charge in [0.25, 0.3) is 0 Å². The molecule has 0 saturated carbocycles. The van der Waals surface area contributed by atoms with Gasteiger partial charge in [0.05, 0.1) is 20.3 Å². The molecule has 128 valence electrons. The van der Waals surface area contributed by atoms with Crippen LogP contribution in [0.2, 0.25) is 0 Å². The third-order valence-corrected chi connectivity index (χ3v) is 4.51. The molecule has 1 saturated heterocycles. The highest BCUT2D eigenvalue weighted by Crippen LogP contribution is 2.29. The smallest absolute Gasteiger partial charge is 0.239 e. The van der Waals surface area contributed by atoms with Crippen molar-refractivity contribution in [1.29, 1.82) is 0 Å². The SMILES string of the molecule is COc1ccc(CC[C@@H]2CCCCN2C(=O)[C@H](C)N)cc1OC. The number of piperidine rings is 1. The summed E-state index contributed by atoms with van der Waals surface area (Å²) >= 11 is 0. The molecule has 2 rings (SSSR count). The first-order valence-electron chi connectivity index (χ1n) is 8.33. The van der Waals surface area contributed by atoms with E-state index in [1.165, 1.54) is 12.0 Å². The van der Waals surface area contributed by atoms with Crippen LogP contribution < -0.4 is 15.2 Å². The van der Waals surface area contributed by atoms with Crippen molar-refractivity contribution in [2.75, 3.05) is 20.8 Å². The summed E-state index contributed by atoms with van der Waals surface area (Å²) in [6.07, 6.45) is 5.18. The van der Waals surface area contributed by atoms with Crippen LogP contribution in [0.3, 0.4) is 0 Å². The van der Waals surface area contributed by atoms with Crippen molar-refractivity contribution in [2.24, 2.45) is 5.73 Å². The Morgan fingerprint density at radius 1 is 1.30 bits per heavy atom. The zero-order valence-corrected chi connectivity index (χ0v) is 14.4. The minimum absolute atomic E-state index is 0.0713. The molecule has 0 aromatic heterocycles. The van der Waals surface area contributed by atoms with Gasteiger partial charge < -0.3 is 20.1 Å². The Hall–Kier alpha value is -1.75. The molecular formula is C18H28N2O3. The van der Waals surface area contributed by atoms with Crippen LogP contribution >= 0.6 is 0 Å². The van der Waals surface area contributed by atoms with Gasteiger partial charge in [-0.1, -0.05) is 6.07 Å². The van der Waals surface area contributed by atoms with E-state index in [4.69, 9.17) is 15.2 Å². The molecule has 5 nitrogen and oxygen atoms in total. The summed E-state index contributed by atoms with van der Waals surface area (Å²) in [7, 11) is 3.28. The maximum Gasteiger partial charge on any atom is 0.239 e. The molecule has 2 atom stereocenters. The van der Waals surface area contributed by atoms with Crippen molar-refractivity contribution >= 4 is 5.91 Å². The molecule has 1 fully saturated rings. The van der Waals surface area contributed by atoms with Crippen LogP contribution in [-0.2, 0) is 11.2 Å². The quantitative estimate of drug-likeness (QED) is 0.874. The van der Waals surface area contributed by atoms with Crippen LogP contribution in [0.15, 0.2) is 18.2 Å². The molecule has 0 unspecified atom stereocenters. The predicted octanol–water partition coefficient (Wildman–Crippen LogP) is 2.36. The third kappa shape index (κ3) is 4.38. The van der Waals surface area contributed by atoms with E-state index in [0.717, 1.165) is 43.7 Å². The lowest BCUT2D eigenvalue weighted by Gasteiger charge is -2.37. The standard InChI is InChI=1S/C18H28N2O3/c1-13(19)18(21)20-11-5-4-6-15(20)9-7-14-8-10-16(22-2)17(12-14)23-3/h8,10,12-13,15H,4-7,9,11,19H2,1-3H3/t13-,15-/m0/s1. The van der Waals surface area contributed by atoms with Gasteiger partial charge in [0.15, 0.2) is 11.5 Å². The molecule has 1 heterocycles. The van der Waals surface area contributed by atoms with Gasteiger partial charge in [-0.05, 0) is 56.7 Å². The Morgan fingerprint density at radius 2 is 2.04 bits per heavy atom.